The van der Waals surface area contributed by atoms with E-state index in [1.54, 1.807) is 24.3 Å². The van der Waals surface area contributed by atoms with Gasteiger partial charge in [-0.15, -0.1) is 0 Å². The molecule has 0 saturated carbocycles. The Kier molecular flexibility index (Phi) is 5.71. The summed E-state index contributed by atoms with van der Waals surface area (Å²) in [7, 11) is 0. The Hall–Kier alpha value is -3.65. The Balaban J connectivity index is 2.31. The van der Waals surface area contributed by atoms with Gasteiger partial charge in [-0.3, -0.25) is 4.79 Å². The zero-order valence-electron chi connectivity index (χ0n) is 15.8. The lowest BCUT2D eigenvalue weighted by Gasteiger charge is -2.13. The maximum Gasteiger partial charge on any atom is 0.232 e. The zero-order chi connectivity index (χ0) is 20.1. The van der Waals surface area contributed by atoms with Crippen LogP contribution in [0.2, 0.25) is 0 Å². The molecular weight excluding hydrogens is 352 g/mol. The van der Waals surface area contributed by atoms with Gasteiger partial charge in [0.1, 0.15) is 11.6 Å². The highest BCUT2D eigenvalue weighted by atomic mass is 16.5. The van der Waals surface area contributed by atoms with Crippen LogP contribution in [0.5, 0.6) is 11.6 Å². The van der Waals surface area contributed by atoms with E-state index >= 15 is 0 Å². The van der Waals surface area contributed by atoms with Crippen molar-refractivity contribution >= 4 is 0 Å². The number of rotatable bonds is 5. The minimum Gasteiger partial charge on any atom is -0.504 e. The van der Waals surface area contributed by atoms with E-state index in [0.717, 1.165) is 17.5 Å². The predicted octanol–water partition coefficient (Wildman–Crippen LogP) is 4.45. The molecule has 5 heteroatoms. The van der Waals surface area contributed by atoms with Crippen molar-refractivity contribution in [2.45, 2.75) is 20.3 Å². The third-order valence-electron chi connectivity index (χ3n) is 4.29. The number of nitrogens with zero attached hydrogens (tertiary/aromatic N) is 2. The number of aryl methyl sites for hydroxylation is 1. The quantitative estimate of drug-likeness (QED) is 0.715. The Morgan fingerprint density at radius 1 is 1.11 bits per heavy atom. The molecule has 1 N–H and O–H groups in total. The van der Waals surface area contributed by atoms with Crippen LogP contribution in [-0.4, -0.2) is 16.7 Å². The van der Waals surface area contributed by atoms with Gasteiger partial charge in [-0.2, -0.15) is 5.26 Å². The van der Waals surface area contributed by atoms with Crippen molar-refractivity contribution in [2.75, 3.05) is 6.61 Å². The van der Waals surface area contributed by atoms with E-state index in [9.17, 15) is 15.2 Å². The van der Waals surface area contributed by atoms with Crippen molar-refractivity contribution in [3.63, 3.8) is 0 Å². The molecule has 28 heavy (non-hydrogen) atoms. The Morgan fingerprint density at radius 3 is 2.50 bits per heavy atom. The molecule has 3 rings (SSSR count). The lowest BCUT2D eigenvalue weighted by molar-refractivity contribution is 0.305. The average molecular weight is 372 g/mol. The summed E-state index contributed by atoms with van der Waals surface area (Å²) in [5.74, 6) is -0.200. The van der Waals surface area contributed by atoms with Crippen LogP contribution in [0.1, 0.15) is 24.5 Å². The zero-order valence-corrected chi connectivity index (χ0v) is 15.8. The van der Waals surface area contributed by atoms with E-state index in [-0.39, 0.29) is 11.4 Å². The number of hydrogen-bond donors (Lipinski definition) is 1. The van der Waals surface area contributed by atoms with Crippen molar-refractivity contribution < 1.29 is 9.84 Å². The van der Waals surface area contributed by atoms with Crippen molar-refractivity contribution in [2.24, 2.45) is 0 Å². The van der Waals surface area contributed by atoms with Crippen LogP contribution in [0, 0.1) is 18.3 Å². The van der Waals surface area contributed by atoms with Gasteiger partial charge in [0.25, 0.3) is 0 Å². The molecule has 0 spiro atoms. The maximum atomic E-state index is 12.0. The van der Waals surface area contributed by atoms with Crippen LogP contribution in [0.4, 0.5) is 0 Å². The van der Waals surface area contributed by atoms with Gasteiger partial charge in [-0.1, -0.05) is 48.9 Å². The summed E-state index contributed by atoms with van der Waals surface area (Å²) >= 11 is 0. The molecule has 3 aromatic rings. The normalized spacial score (nSPS) is 10.3. The lowest BCUT2D eigenvalue weighted by atomic mass is 9.98. The van der Waals surface area contributed by atoms with Crippen molar-refractivity contribution in [3.8, 4) is 40.1 Å². The topological polar surface area (TPSA) is 83.2 Å². The summed E-state index contributed by atoms with van der Waals surface area (Å²) in [6.07, 6.45) is 0.757. The molecule has 0 unspecified atom stereocenters. The average Bonchev–Trinajstić information content (AvgIpc) is 2.87. The van der Waals surface area contributed by atoms with Crippen molar-refractivity contribution in [3.05, 3.63) is 75.9 Å². The molecule has 0 radical (unpaired) electrons. The fourth-order valence-corrected chi connectivity index (χ4v) is 2.82. The van der Waals surface area contributed by atoms with Crippen molar-refractivity contribution in [1.29, 1.82) is 5.26 Å². The van der Waals surface area contributed by atoms with Gasteiger partial charge in [-0.25, -0.2) is 4.98 Å². The predicted molar refractivity (Wildman–Crippen MR) is 108 cm³/mol. The van der Waals surface area contributed by atoms with E-state index in [4.69, 9.17) is 4.74 Å². The van der Waals surface area contributed by atoms with E-state index in [0.29, 0.717) is 23.4 Å². The smallest absolute Gasteiger partial charge is 0.232 e. The number of ether oxygens (including phenoxy) is 1. The van der Waals surface area contributed by atoms with Crippen molar-refractivity contribution in [1.82, 2.24) is 4.98 Å². The first kappa shape index (κ1) is 19.1. The van der Waals surface area contributed by atoms with Gasteiger partial charge in [0.2, 0.25) is 11.3 Å². The second-order valence-electron chi connectivity index (χ2n) is 6.41. The van der Waals surface area contributed by atoms with Crippen LogP contribution in [0.15, 0.2) is 59.4 Å². The molecule has 2 aromatic carbocycles. The molecule has 0 aliphatic carbocycles. The first-order valence-electron chi connectivity index (χ1n) is 9.02. The third kappa shape index (κ3) is 3.86. The third-order valence-corrected chi connectivity index (χ3v) is 4.29. The Bertz CT molecular complexity index is 1100. The molecule has 0 atom stereocenters. The molecule has 5 nitrogen and oxygen atoms in total. The van der Waals surface area contributed by atoms with E-state index in [2.05, 4.69) is 11.1 Å². The summed E-state index contributed by atoms with van der Waals surface area (Å²) in [4.78, 5) is 16.5. The minimum absolute atomic E-state index is 0.191. The number of aromatic hydroxyl groups is 1. The summed E-state index contributed by atoms with van der Waals surface area (Å²) in [6.45, 7) is 4.35. The van der Waals surface area contributed by atoms with Crippen LogP contribution in [-0.2, 0) is 0 Å². The molecule has 0 fully saturated rings. The van der Waals surface area contributed by atoms with Gasteiger partial charge in [-0.05, 0) is 37.1 Å². The highest BCUT2D eigenvalue weighted by molar-refractivity contribution is 5.79. The molecule has 1 heterocycles. The summed E-state index contributed by atoms with van der Waals surface area (Å²) in [5.41, 5.74) is 3.04. The number of aromatic nitrogens is 1. The fourth-order valence-electron chi connectivity index (χ4n) is 2.82. The number of pyridine rings is 1. The fraction of sp³-hybridized carbons (Fsp3) is 0.174. The monoisotopic (exact) mass is 372 g/mol. The molecule has 0 amide bonds. The Morgan fingerprint density at radius 2 is 1.82 bits per heavy atom. The van der Waals surface area contributed by atoms with E-state index in [1.165, 1.54) is 6.07 Å². The highest BCUT2D eigenvalue weighted by Crippen LogP contribution is 2.35. The largest absolute Gasteiger partial charge is 0.504 e. The second-order valence-corrected chi connectivity index (χ2v) is 6.41. The van der Waals surface area contributed by atoms with Crippen LogP contribution < -0.4 is 10.2 Å². The lowest BCUT2D eigenvalue weighted by Crippen LogP contribution is -2.03. The minimum atomic E-state index is -0.501. The highest BCUT2D eigenvalue weighted by Gasteiger charge is 2.18. The molecule has 1 aromatic heterocycles. The summed E-state index contributed by atoms with van der Waals surface area (Å²) < 4.78 is 5.73. The van der Waals surface area contributed by atoms with Gasteiger partial charge in [0.15, 0.2) is 5.75 Å². The van der Waals surface area contributed by atoms with Crippen LogP contribution in [0.3, 0.4) is 0 Å². The number of benzene rings is 1. The van der Waals surface area contributed by atoms with Gasteiger partial charge in [0, 0.05) is 11.1 Å². The second kappa shape index (κ2) is 8.36. The summed E-state index contributed by atoms with van der Waals surface area (Å²) in [6, 6.07) is 17.8. The van der Waals surface area contributed by atoms with Gasteiger partial charge < -0.3 is 9.84 Å². The maximum absolute atomic E-state index is 12.0. The number of nitriles is 1. The van der Waals surface area contributed by atoms with Gasteiger partial charge >= 0.3 is 0 Å². The first-order valence-corrected chi connectivity index (χ1v) is 9.02. The van der Waals surface area contributed by atoms with E-state index < -0.39 is 11.2 Å². The number of hydrogen-bond acceptors (Lipinski definition) is 5. The molecule has 0 saturated heterocycles. The SMILES string of the molecule is CCCOc1nc(-c2ccccc(=O)c2O)cc(-c2ccc(C)cc2)c1C#N. The van der Waals surface area contributed by atoms with Gasteiger partial charge in [0.05, 0.1) is 12.3 Å². The molecule has 0 bridgehead atoms. The molecule has 140 valence electrons. The molecule has 0 aliphatic heterocycles. The first-order chi connectivity index (χ1) is 13.5. The van der Waals surface area contributed by atoms with E-state index in [1.807, 2.05) is 38.1 Å². The molecular formula is C23H20N2O3. The Labute approximate surface area is 163 Å². The van der Waals surface area contributed by atoms with Crippen LogP contribution in [0.25, 0.3) is 22.4 Å². The summed E-state index contributed by atoms with van der Waals surface area (Å²) in [5, 5.41) is 20.1. The van der Waals surface area contributed by atoms with Crippen LogP contribution >= 0.6 is 0 Å². The molecule has 0 aliphatic rings. The standard InChI is InChI=1S/C23H20N2O3/c1-3-12-28-23-19(14-24)18(16-10-8-15(2)9-11-16)13-20(25-23)17-6-4-5-7-21(26)22(17)27/h4-11,13H,3,12H2,1-2H3,(H,26,27).